The number of carbonyl (C=O) groups is 1. The van der Waals surface area contributed by atoms with Gasteiger partial charge in [-0.3, -0.25) is 4.79 Å². The molecule has 3 N–H and O–H groups in total. The van der Waals surface area contributed by atoms with E-state index < -0.39 is 11.9 Å². The summed E-state index contributed by atoms with van der Waals surface area (Å²) < 4.78 is 0. The van der Waals surface area contributed by atoms with Gasteiger partial charge in [-0.2, -0.15) is 0 Å². The average molecular weight is 256 g/mol. The van der Waals surface area contributed by atoms with Crippen LogP contribution >= 0.6 is 0 Å². The van der Waals surface area contributed by atoms with Crippen molar-refractivity contribution in [1.29, 1.82) is 0 Å². The minimum absolute atomic E-state index is 0.472. The van der Waals surface area contributed by atoms with Crippen molar-refractivity contribution in [2.75, 3.05) is 5.73 Å². The maximum Gasteiger partial charge on any atom is 0.310 e. The number of carboxylic acids is 1. The second-order valence-corrected chi connectivity index (χ2v) is 4.39. The molecule has 1 aromatic heterocycles. The first-order valence-electron chi connectivity index (χ1n) is 6.15. The zero-order valence-electron chi connectivity index (χ0n) is 10.5. The lowest BCUT2D eigenvalue weighted by molar-refractivity contribution is -0.138. The fraction of sp³-hybridized carbons (Fsp3) is 0.200. The molecule has 0 bridgehead atoms. The molecule has 4 nitrogen and oxygen atoms in total. The van der Waals surface area contributed by atoms with E-state index in [4.69, 9.17) is 5.73 Å². The molecule has 2 rings (SSSR count). The van der Waals surface area contributed by atoms with E-state index in [1.165, 1.54) is 0 Å². The van der Waals surface area contributed by atoms with Crippen LogP contribution in [-0.2, 0) is 11.2 Å². The van der Waals surface area contributed by atoms with Crippen molar-refractivity contribution in [2.24, 2.45) is 0 Å². The van der Waals surface area contributed by atoms with Gasteiger partial charge in [0.2, 0.25) is 0 Å². The molecule has 0 aliphatic heterocycles. The summed E-state index contributed by atoms with van der Waals surface area (Å²) in [6.45, 7) is 0. The molecule has 0 radical (unpaired) electrons. The number of hydrogen-bond donors (Lipinski definition) is 2. The van der Waals surface area contributed by atoms with Crippen molar-refractivity contribution in [3.8, 4) is 0 Å². The number of aliphatic carboxylic acids is 1. The number of pyridine rings is 1. The summed E-state index contributed by atoms with van der Waals surface area (Å²) in [6, 6.07) is 12.9. The molecule has 0 aliphatic carbocycles. The van der Waals surface area contributed by atoms with E-state index in [1.54, 1.807) is 6.20 Å². The number of benzene rings is 1. The summed E-state index contributed by atoms with van der Waals surface area (Å²) in [5.74, 6) is -0.853. The van der Waals surface area contributed by atoms with Gasteiger partial charge in [-0.05, 0) is 30.0 Å². The number of rotatable bonds is 5. The first-order chi connectivity index (χ1) is 9.18. The number of nitrogens with two attached hydrogens (primary N) is 1. The predicted molar refractivity (Wildman–Crippen MR) is 73.8 cm³/mol. The van der Waals surface area contributed by atoms with Gasteiger partial charge in [0, 0.05) is 6.20 Å². The second-order valence-electron chi connectivity index (χ2n) is 4.39. The maximum atomic E-state index is 11.4. The highest BCUT2D eigenvalue weighted by molar-refractivity contribution is 5.76. The number of aromatic nitrogens is 1. The molecule has 98 valence electrons. The molecule has 1 aromatic carbocycles. The number of nitrogen functional groups attached to an aromatic ring is 1. The highest BCUT2D eigenvalue weighted by atomic mass is 16.4. The van der Waals surface area contributed by atoms with Crippen LogP contribution in [0.5, 0.6) is 0 Å². The fourth-order valence-corrected chi connectivity index (χ4v) is 2.08. The van der Waals surface area contributed by atoms with Gasteiger partial charge >= 0.3 is 5.97 Å². The molecule has 0 amide bonds. The number of hydrogen-bond acceptors (Lipinski definition) is 3. The lowest BCUT2D eigenvalue weighted by Gasteiger charge is -2.13. The Hall–Kier alpha value is -2.36. The van der Waals surface area contributed by atoms with Crippen molar-refractivity contribution in [1.82, 2.24) is 4.98 Å². The Morgan fingerprint density at radius 3 is 2.58 bits per heavy atom. The number of anilines is 1. The normalized spacial score (nSPS) is 12.0. The summed E-state index contributed by atoms with van der Waals surface area (Å²) in [5.41, 5.74) is 7.47. The maximum absolute atomic E-state index is 11.4. The molecular formula is C15H16N2O2. The zero-order chi connectivity index (χ0) is 13.7. The first kappa shape index (κ1) is 13.1. The lowest BCUT2D eigenvalue weighted by atomic mass is 9.92. The molecule has 1 unspecified atom stereocenters. The smallest absolute Gasteiger partial charge is 0.310 e. The number of nitrogens with zero attached hydrogens (tertiary/aromatic N) is 1. The number of aryl methyl sites for hydroxylation is 1. The van der Waals surface area contributed by atoms with Crippen molar-refractivity contribution < 1.29 is 9.90 Å². The fourth-order valence-electron chi connectivity index (χ4n) is 2.08. The van der Waals surface area contributed by atoms with E-state index in [0.29, 0.717) is 18.7 Å². The third kappa shape index (κ3) is 3.31. The van der Waals surface area contributed by atoms with Gasteiger partial charge in [0.05, 0.1) is 5.92 Å². The van der Waals surface area contributed by atoms with Crippen LogP contribution in [0, 0.1) is 0 Å². The van der Waals surface area contributed by atoms with Crippen LogP contribution in [0.2, 0.25) is 0 Å². The third-order valence-electron chi connectivity index (χ3n) is 3.13. The molecule has 0 saturated carbocycles. The highest BCUT2D eigenvalue weighted by Gasteiger charge is 2.19. The second kappa shape index (κ2) is 6.00. The van der Waals surface area contributed by atoms with Gasteiger partial charge in [-0.15, -0.1) is 0 Å². The number of carboxylic acid groups (broad SMARTS) is 1. The Bertz CT molecular complexity index is 555. The topological polar surface area (TPSA) is 76.2 Å². The van der Waals surface area contributed by atoms with Gasteiger partial charge in [0.15, 0.2) is 0 Å². The van der Waals surface area contributed by atoms with E-state index >= 15 is 0 Å². The SMILES string of the molecule is Nc1ncccc1CCC(C(=O)O)c1ccccc1. The Morgan fingerprint density at radius 1 is 1.21 bits per heavy atom. The minimum Gasteiger partial charge on any atom is -0.481 e. The summed E-state index contributed by atoms with van der Waals surface area (Å²) in [5, 5.41) is 9.33. The van der Waals surface area contributed by atoms with Crippen LogP contribution in [0.4, 0.5) is 5.82 Å². The van der Waals surface area contributed by atoms with Crippen LogP contribution in [0.1, 0.15) is 23.5 Å². The van der Waals surface area contributed by atoms with Crippen LogP contribution in [0.3, 0.4) is 0 Å². The van der Waals surface area contributed by atoms with E-state index in [2.05, 4.69) is 4.98 Å². The van der Waals surface area contributed by atoms with Crippen molar-refractivity contribution >= 4 is 11.8 Å². The van der Waals surface area contributed by atoms with Gasteiger partial charge in [-0.25, -0.2) is 4.98 Å². The molecule has 0 saturated heterocycles. The molecular weight excluding hydrogens is 240 g/mol. The largest absolute Gasteiger partial charge is 0.481 e. The van der Waals surface area contributed by atoms with Gasteiger partial charge in [0.1, 0.15) is 5.82 Å². The molecule has 19 heavy (non-hydrogen) atoms. The molecule has 0 spiro atoms. The van der Waals surface area contributed by atoms with Crippen molar-refractivity contribution in [3.63, 3.8) is 0 Å². The molecule has 0 aliphatic rings. The zero-order valence-corrected chi connectivity index (χ0v) is 10.5. The van der Waals surface area contributed by atoms with E-state index in [0.717, 1.165) is 11.1 Å². The molecule has 4 heteroatoms. The third-order valence-corrected chi connectivity index (χ3v) is 3.13. The van der Waals surface area contributed by atoms with Crippen LogP contribution in [-0.4, -0.2) is 16.1 Å². The Balaban J connectivity index is 2.11. The lowest BCUT2D eigenvalue weighted by Crippen LogP contribution is -2.13. The van der Waals surface area contributed by atoms with Crippen LogP contribution in [0.25, 0.3) is 0 Å². The predicted octanol–water partition coefficient (Wildman–Crippen LogP) is 2.46. The summed E-state index contributed by atoms with van der Waals surface area (Å²) in [7, 11) is 0. The summed E-state index contributed by atoms with van der Waals surface area (Å²) >= 11 is 0. The molecule has 2 aromatic rings. The van der Waals surface area contributed by atoms with E-state index in [9.17, 15) is 9.90 Å². The summed E-state index contributed by atoms with van der Waals surface area (Å²) in [4.78, 5) is 15.4. The van der Waals surface area contributed by atoms with Crippen molar-refractivity contribution in [3.05, 3.63) is 59.8 Å². The highest BCUT2D eigenvalue weighted by Crippen LogP contribution is 2.23. The summed E-state index contributed by atoms with van der Waals surface area (Å²) in [6.07, 6.45) is 2.74. The van der Waals surface area contributed by atoms with Gasteiger partial charge in [-0.1, -0.05) is 36.4 Å². The first-order valence-corrected chi connectivity index (χ1v) is 6.15. The van der Waals surface area contributed by atoms with Crippen LogP contribution < -0.4 is 5.73 Å². The van der Waals surface area contributed by atoms with E-state index in [-0.39, 0.29) is 0 Å². The van der Waals surface area contributed by atoms with Crippen LogP contribution in [0.15, 0.2) is 48.7 Å². The molecule has 0 fully saturated rings. The molecule has 1 atom stereocenters. The standard InChI is InChI=1S/C15H16N2O2/c16-14-12(7-4-10-17-14)8-9-13(15(18)19)11-5-2-1-3-6-11/h1-7,10,13H,8-9H2,(H2,16,17)(H,18,19). The van der Waals surface area contributed by atoms with E-state index in [1.807, 2.05) is 42.5 Å². The Labute approximate surface area is 111 Å². The minimum atomic E-state index is -0.811. The van der Waals surface area contributed by atoms with Crippen molar-refractivity contribution in [2.45, 2.75) is 18.8 Å². The van der Waals surface area contributed by atoms with Gasteiger partial charge < -0.3 is 10.8 Å². The Morgan fingerprint density at radius 2 is 1.95 bits per heavy atom. The molecule has 1 heterocycles. The Kier molecular flexibility index (Phi) is 4.13. The quantitative estimate of drug-likeness (QED) is 0.861. The monoisotopic (exact) mass is 256 g/mol. The average Bonchev–Trinajstić information content (AvgIpc) is 2.42. The van der Waals surface area contributed by atoms with Gasteiger partial charge in [0.25, 0.3) is 0 Å².